The highest BCUT2D eigenvalue weighted by Crippen LogP contribution is 2.25. The van der Waals surface area contributed by atoms with E-state index in [0.717, 1.165) is 22.1 Å². The summed E-state index contributed by atoms with van der Waals surface area (Å²) < 4.78 is 14.5. The first-order valence-corrected chi connectivity index (χ1v) is 8.43. The van der Waals surface area contributed by atoms with Crippen LogP contribution in [0.3, 0.4) is 0 Å². The Bertz CT molecular complexity index is 707. The van der Waals surface area contributed by atoms with E-state index in [1.807, 2.05) is 35.2 Å². The molecule has 3 rings (SSSR count). The molecule has 0 aromatic heterocycles. The van der Waals surface area contributed by atoms with Crippen LogP contribution in [0.5, 0.6) is 0 Å². The number of carbonyl (C=O) groups is 1. The van der Waals surface area contributed by atoms with E-state index in [-0.39, 0.29) is 17.8 Å². The minimum Gasteiger partial charge on any atom is -0.333 e. The maximum atomic E-state index is 13.5. The van der Waals surface area contributed by atoms with Crippen LogP contribution >= 0.6 is 15.9 Å². The molecule has 23 heavy (non-hydrogen) atoms. The SMILES string of the molecule is O=C(Cc1ccccc1Br)N1CCNCC1c1cccc(F)c1. The summed E-state index contributed by atoms with van der Waals surface area (Å²) in [5.41, 5.74) is 1.80. The van der Waals surface area contributed by atoms with Crippen molar-refractivity contribution < 1.29 is 9.18 Å². The average Bonchev–Trinajstić information content (AvgIpc) is 2.57. The zero-order valence-electron chi connectivity index (χ0n) is 12.6. The van der Waals surface area contributed by atoms with Crippen molar-refractivity contribution in [2.24, 2.45) is 0 Å². The maximum Gasteiger partial charge on any atom is 0.227 e. The van der Waals surface area contributed by atoms with E-state index in [1.165, 1.54) is 12.1 Å². The third-order valence-corrected chi connectivity index (χ3v) is 4.87. The van der Waals surface area contributed by atoms with Gasteiger partial charge in [-0.1, -0.05) is 46.3 Å². The first-order chi connectivity index (χ1) is 11.1. The van der Waals surface area contributed by atoms with Crippen LogP contribution in [0.2, 0.25) is 0 Å². The van der Waals surface area contributed by atoms with Crippen molar-refractivity contribution >= 4 is 21.8 Å². The highest BCUT2D eigenvalue weighted by Gasteiger charge is 2.28. The van der Waals surface area contributed by atoms with Crippen LogP contribution in [0.15, 0.2) is 53.0 Å². The molecule has 1 aliphatic heterocycles. The number of carbonyl (C=O) groups excluding carboxylic acids is 1. The topological polar surface area (TPSA) is 32.3 Å². The fourth-order valence-corrected chi connectivity index (χ4v) is 3.35. The second-order valence-electron chi connectivity index (χ2n) is 5.63. The molecule has 1 N–H and O–H groups in total. The third kappa shape index (κ3) is 3.79. The second-order valence-corrected chi connectivity index (χ2v) is 6.48. The monoisotopic (exact) mass is 376 g/mol. The van der Waals surface area contributed by atoms with Crippen LogP contribution in [0.1, 0.15) is 17.2 Å². The Balaban J connectivity index is 1.81. The molecule has 0 saturated carbocycles. The number of hydrogen-bond acceptors (Lipinski definition) is 2. The van der Waals surface area contributed by atoms with Gasteiger partial charge in [-0.2, -0.15) is 0 Å². The first-order valence-electron chi connectivity index (χ1n) is 7.64. The van der Waals surface area contributed by atoms with E-state index < -0.39 is 0 Å². The van der Waals surface area contributed by atoms with Gasteiger partial charge in [0.1, 0.15) is 5.82 Å². The molecule has 0 aliphatic carbocycles. The molecular weight excluding hydrogens is 359 g/mol. The molecule has 1 heterocycles. The molecule has 0 spiro atoms. The van der Waals surface area contributed by atoms with Crippen molar-refractivity contribution in [1.29, 1.82) is 0 Å². The zero-order chi connectivity index (χ0) is 16.2. The van der Waals surface area contributed by atoms with E-state index in [0.29, 0.717) is 19.5 Å². The number of halogens is 2. The van der Waals surface area contributed by atoms with Crippen molar-refractivity contribution in [1.82, 2.24) is 10.2 Å². The molecule has 1 saturated heterocycles. The predicted molar refractivity (Wildman–Crippen MR) is 91.6 cm³/mol. The fourth-order valence-electron chi connectivity index (χ4n) is 2.92. The van der Waals surface area contributed by atoms with E-state index in [4.69, 9.17) is 0 Å². The Morgan fingerprint density at radius 3 is 2.87 bits per heavy atom. The summed E-state index contributed by atoms with van der Waals surface area (Å²) in [6, 6.07) is 14.1. The van der Waals surface area contributed by atoms with Gasteiger partial charge in [0.15, 0.2) is 0 Å². The molecule has 1 unspecified atom stereocenters. The van der Waals surface area contributed by atoms with Crippen LogP contribution in [-0.2, 0) is 11.2 Å². The standard InChI is InChI=1S/C18H18BrFN2O/c19-16-7-2-1-4-13(16)11-18(23)22-9-8-21-12-17(22)14-5-3-6-15(20)10-14/h1-7,10,17,21H,8-9,11-12H2. The largest absolute Gasteiger partial charge is 0.333 e. The van der Waals surface area contributed by atoms with Gasteiger partial charge < -0.3 is 10.2 Å². The lowest BCUT2D eigenvalue weighted by Gasteiger charge is -2.36. The molecule has 1 fully saturated rings. The van der Waals surface area contributed by atoms with Gasteiger partial charge in [0.05, 0.1) is 12.5 Å². The van der Waals surface area contributed by atoms with Gasteiger partial charge in [-0.05, 0) is 29.3 Å². The number of nitrogens with zero attached hydrogens (tertiary/aromatic N) is 1. The number of rotatable bonds is 3. The van der Waals surface area contributed by atoms with E-state index in [9.17, 15) is 9.18 Å². The van der Waals surface area contributed by atoms with Crippen LogP contribution in [-0.4, -0.2) is 30.4 Å². The van der Waals surface area contributed by atoms with Gasteiger partial charge >= 0.3 is 0 Å². The van der Waals surface area contributed by atoms with Crippen LogP contribution in [0.25, 0.3) is 0 Å². The van der Waals surface area contributed by atoms with Crippen molar-refractivity contribution in [2.75, 3.05) is 19.6 Å². The number of piperazine rings is 1. The van der Waals surface area contributed by atoms with E-state index in [2.05, 4.69) is 21.2 Å². The summed E-state index contributed by atoms with van der Waals surface area (Å²) in [6.45, 7) is 2.03. The highest BCUT2D eigenvalue weighted by molar-refractivity contribution is 9.10. The Morgan fingerprint density at radius 2 is 2.09 bits per heavy atom. The molecular formula is C18H18BrFN2O. The van der Waals surface area contributed by atoms with Crippen molar-refractivity contribution in [3.05, 3.63) is 69.9 Å². The summed E-state index contributed by atoms with van der Waals surface area (Å²) in [7, 11) is 0. The average molecular weight is 377 g/mol. The van der Waals surface area contributed by atoms with Gasteiger partial charge in [-0.25, -0.2) is 4.39 Å². The number of amides is 1. The van der Waals surface area contributed by atoms with Gasteiger partial charge in [-0.3, -0.25) is 4.79 Å². The van der Waals surface area contributed by atoms with E-state index >= 15 is 0 Å². The number of benzene rings is 2. The smallest absolute Gasteiger partial charge is 0.227 e. The Morgan fingerprint density at radius 1 is 1.26 bits per heavy atom. The summed E-state index contributed by atoms with van der Waals surface area (Å²) in [4.78, 5) is 14.6. The maximum absolute atomic E-state index is 13.5. The number of nitrogens with one attached hydrogen (secondary N) is 1. The lowest BCUT2D eigenvalue weighted by atomic mass is 10.0. The molecule has 120 valence electrons. The Hall–Kier alpha value is -1.72. The summed E-state index contributed by atoms with van der Waals surface area (Å²) in [5.74, 6) is -0.209. The highest BCUT2D eigenvalue weighted by atomic mass is 79.9. The van der Waals surface area contributed by atoms with Gasteiger partial charge in [0, 0.05) is 24.1 Å². The van der Waals surface area contributed by atoms with Crippen LogP contribution < -0.4 is 5.32 Å². The lowest BCUT2D eigenvalue weighted by Crippen LogP contribution is -2.49. The Labute approximate surface area is 143 Å². The molecule has 1 aliphatic rings. The minimum absolute atomic E-state index is 0.0626. The summed E-state index contributed by atoms with van der Waals surface area (Å²) >= 11 is 3.49. The molecule has 0 radical (unpaired) electrons. The quantitative estimate of drug-likeness (QED) is 0.890. The summed E-state index contributed by atoms with van der Waals surface area (Å²) in [5, 5.41) is 3.29. The normalized spacial score (nSPS) is 18.0. The van der Waals surface area contributed by atoms with Crippen molar-refractivity contribution in [2.45, 2.75) is 12.5 Å². The molecule has 2 aromatic rings. The molecule has 1 atom stereocenters. The lowest BCUT2D eigenvalue weighted by molar-refractivity contribution is -0.133. The molecule has 1 amide bonds. The summed E-state index contributed by atoms with van der Waals surface area (Å²) in [6.07, 6.45) is 0.341. The molecule has 3 nitrogen and oxygen atoms in total. The van der Waals surface area contributed by atoms with Crippen LogP contribution in [0.4, 0.5) is 4.39 Å². The van der Waals surface area contributed by atoms with Crippen molar-refractivity contribution in [3.8, 4) is 0 Å². The van der Waals surface area contributed by atoms with Crippen molar-refractivity contribution in [3.63, 3.8) is 0 Å². The second kappa shape index (κ2) is 7.23. The minimum atomic E-state index is -0.272. The molecule has 5 heteroatoms. The van der Waals surface area contributed by atoms with Gasteiger partial charge in [0.2, 0.25) is 5.91 Å². The first kappa shape index (κ1) is 16.1. The fraction of sp³-hybridized carbons (Fsp3) is 0.278. The third-order valence-electron chi connectivity index (χ3n) is 4.10. The molecule has 0 bridgehead atoms. The molecule has 2 aromatic carbocycles. The Kier molecular flexibility index (Phi) is 5.08. The predicted octanol–water partition coefficient (Wildman–Crippen LogP) is 3.30. The number of hydrogen-bond donors (Lipinski definition) is 1. The van der Waals surface area contributed by atoms with Gasteiger partial charge in [-0.15, -0.1) is 0 Å². The van der Waals surface area contributed by atoms with E-state index in [1.54, 1.807) is 6.07 Å². The zero-order valence-corrected chi connectivity index (χ0v) is 14.2. The van der Waals surface area contributed by atoms with Gasteiger partial charge in [0.25, 0.3) is 0 Å². The van der Waals surface area contributed by atoms with Crippen LogP contribution in [0, 0.1) is 5.82 Å².